The minimum Gasteiger partial charge on any atom is -0.756 e. The van der Waals surface area contributed by atoms with Gasteiger partial charge in [0.2, 0.25) is 5.91 Å². The first-order valence-corrected chi connectivity index (χ1v) is 19.6. The van der Waals surface area contributed by atoms with Gasteiger partial charge in [-0.2, -0.15) is 0 Å². The van der Waals surface area contributed by atoms with E-state index in [1.807, 2.05) is 27.2 Å². The number of carbonyl (C=O) groups excluding carboxylic acids is 1. The molecule has 9 heteroatoms. The monoisotopic (exact) mass is 659 g/mol. The normalized spacial score (nSPS) is 15.1. The SMILES string of the molecule is CCCCCCCCCCCCCCCCCCCC/C=C/CC/C=C/C(O)C(COP(=O)([O-])OCC[N+](C)(C)C)NC(C)=O. The van der Waals surface area contributed by atoms with Crippen LogP contribution >= 0.6 is 7.82 Å². The van der Waals surface area contributed by atoms with E-state index in [1.165, 1.54) is 122 Å². The Kier molecular flexibility index (Phi) is 28.5. The minimum absolute atomic E-state index is 0.00933. The zero-order valence-corrected chi connectivity index (χ0v) is 30.7. The van der Waals surface area contributed by atoms with Crippen molar-refractivity contribution in [2.75, 3.05) is 40.9 Å². The summed E-state index contributed by atoms with van der Waals surface area (Å²) in [5.74, 6) is -0.384. The number of nitrogens with zero attached hydrogens (tertiary/aromatic N) is 1. The fourth-order valence-corrected chi connectivity index (χ4v) is 5.81. The second-order valence-corrected chi connectivity index (χ2v) is 15.1. The molecule has 8 nitrogen and oxygen atoms in total. The van der Waals surface area contributed by atoms with Crippen molar-refractivity contribution in [1.29, 1.82) is 0 Å². The van der Waals surface area contributed by atoms with Gasteiger partial charge in [-0.15, -0.1) is 0 Å². The molecule has 0 bridgehead atoms. The number of rotatable bonds is 32. The summed E-state index contributed by atoms with van der Waals surface area (Å²) in [5.41, 5.74) is 0. The van der Waals surface area contributed by atoms with Gasteiger partial charge in [-0.1, -0.05) is 140 Å². The highest BCUT2D eigenvalue weighted by Crippen LogP contribution is 2.38. The highest BCUT2D eigenvalue weighted by atomic mass is 31.2. The van der Waals surface area contributed by atoms with E-state index in [1.54, 1.807) is 6.08 Å². The van der Waals surface area contributed by atoms with Crippen LogP contribution in [0.15, 0.2) is 24.3 Å². The van der Waals surface area contributed by atoms with Crippen molar-refractivity contribution >= 4 is 13.7 Å². The third-order valence-electron chi connectivity index (χ3n) is 7.95. The van der Waals surface area contributed by atoms with Gasteiger partial charge in [0.25, 0.3) is 7.82 Å². The van der Waals surface area contributed by atoms with E-state index in [2.05, 4.69) is 24.4 Å². The third kappa shape index (κ3) is 32.7. The number of likely N-dealkylation sites (N-methyl/N-ethyl adjacent to an activating group) is 1. The van der Waals surface area contributed by atoms with Crippen LogP contribution in [-0.2, 0) is 18.4 Å². The average molecular weight is 659 g/mol. The number of unbranched alkanes of at least 4 members (excludes halogenated alkanes) is 19. The summed E-state index contributed by atoms with van der Waals surface area (Å²) in [6.07, 6.45) is 34.4. The van der Waals surface area contributed by atoms with Crippen molar-refractivity contribution in [3.05, 3.63) is 24.3 Å². The van der Waals surface area contributed by atoms with Crippen LogP contribution in [0.1, 0.15) is 149 Å². The van der Waals surface area contributed by atoms with Crippen LogP contribution < -0.4 is 10.2 Å². The number of phosphoric ester groups is 1. The van der Waals surface area contributed by atoms with E-state index in [9.17, 15) is 19.4 Å². The molecule has 3 unspecified atom stereocenters. The molecule has 0 aromatic heterocycles. The summed E-state index contributed by atoms with van der Waals surface area (Å²) in [6, 6.07) is -0.900. The number of amides is 1. The van der Waals surface area contributed by atoms with Crippen LogP contribution in [-0.4, -0.2) is 68.5 Å². The molecule has 0 radical (unpaired) electrons. The summed E-state index contributed by atoms with van der Waals surface area (Å²) >= 11 is 0. The summed E-state index contributed by atoms with van der Waals surface area (Å²) < 4.78 is 22.4. The minimum atomic E-state index is -4.54. The molecular formula is C36H71N2O6P. The van der Waals surface area contributed by atoms with Crippen molar-refractivity contribution in [2.24, 2.45) is 0 Å². The van der Waals surface area contributed by atoms with E-state index < -0.39 is 26.6 Å². The van der Waals surface area contributed by atoms with Crippen LogP contribution in [0.5, 0.6) is 0 Å². The number of nitrogens with one attached hydrogen (secondary N) is 1. The summed E-state index contributed by atoms with van der Waals surface area (Å²) in [7, 11) is 1.23. The summed E-state index contributed by atoms with van der Waals surface area (Å²) in [6.45, 7) is 3.66. The molecule has 1 amide bonds. The highest BCUT2D eigenvalue weighted by molar-refractivity contribution is 7.45. The molecule has 0 aliphatic rings. The van der Waals surface area contributed by atoms with Crippen LogP contribution in [0.4, 0.5) is 0 Å². The number of aliphatic hydroxyl groups excluding tert-OH is 1. The van der Waals surface area contributed by atoms with E-state index in [0.717, 1.165) is 19.3 Å². The second-order valence-electron chi connectivity index (χ2n) is 13.7. The molecule has 0 aromatic rings. The lowest BCUT2D eigenvalue weighted by molar-refractivity contribution is -0.870. The lowest BCUT2D eigenvalue weighted by Crippen LogP contribution is -2.45. The molecule has 3 atom stereocenters. The molecule has 2 N–H and O–H groups in total. The van der Waals surface area contributed by atoms with E-state index >= 15 is 0 Å². The van der Waals surface area contributed by atoms with Gasteiger partial charge >= 0.3 is 0 Å². The Morgan fingerprint density at radius 1 is 0.756 bits per heavy atom. The Balaban J connectivity index is 3.82. The van der Waals surface area contributed by atoms with Crippen LogP contribution in [0.2, 0.25) is 0 Å². The fourth-order valence-electron chi connectivity index (χ4n) is 5.08. The lowest BCUT2D eigenvalue weighted by atomic mass is 10.0. The Bertz CT molecular complexity index is 799. The number of quaternary nitrogens is 1. The second kappa shape index (κ2) is 29.1. The van der Waals surface area contributed by atoms with Crippen LogP contribution in [0, 0.1) is 0 Å². The number of aliphatic hydroxyl groups is 1. The van der Waals surface area contributed by atoms with Crippen LogP contribution in [0.25, 0.3) is 0 Å². The van der Waals surface area contributed by atoms with Crippen molar-refractivity contribution in [1.82, 2.24) is 5.32 Å². The zero-order valence-electron chi connectivity index (χ0n) is 29.8. The quantitative estimate of drug-likeness (QED) is 0.0325. The molecule has 0 aliphatic heterocycles. The Labute approximate surface area is 277 Å². The summed E-state index contributed by atoms with van der Waals surface area (Å²) in [4.78, 5) is 23.6. The molecular weight excluding hydrogens is 587 g/mol. The van der Waals surface area contributed by atoms with E-state index in [-0.39, 0.29) is 12.5 Å². The molecule has 45 heavy (non-hydrogen) atoms. The Morgan fingerprint density at radius 3 is 1.67 bits per heavy atom. The van der Waals surface area contributed by atoms with Gasteiger partial charge in [-0.05, 0) is 25.7 Å². The van der Waals surface area contributed by atoms with Gasteiger partial charge in [0.15, 0.2) is 0 Å². The van der Waals surface area contributed by atoms with Crippen molar-refractivity contribution in [3.8, 4) is 0 Å². The Morgan fingerprint density at radius 2 is 1.20 bits per heavy atom. The van der Waals surface area contributed by atoms with Crippen molar-refractivity contribution < 1.29 is 32.9 Å². The maximum Gasteiger partial charge on any atom is 0.268 e. The molecule has 0 saturated heterocycles. The first-order valence-electron chi connectivity index (χ1n) is 18.1. The van der Waals surface area contributed by atoms with E-state index in [0.29, 0.717) is 11.0 Å². The number of hydrogen-bond acceptors (Lipinski definition) is 6. The number of hydrogen-bond donors (Lipinski definition) is 2. The number of phosphoric acid groups is 1. The van der Waals surface area contributed by atoms with Crippen molar-refractivity contribution in [3.63, 3.8) is 0 Å². The van der Waals surface area contributed by atoms with Gasteiger partial charge in [0.05, 0.1) is 39.9 Å². The highest BCUT2D eigenvalue weighted by Gasteiger charge is 2.22. The lowest BCUT2D eigenvalue weighted by Gasteiger charge is -2.29. The molecule has 0 aromatic carbocycles. The standard InChI is InChI=1S/C36H71N2O6P/c1-6-7-8-9-10-11-12-13-14-15-16-17-18-19-20-21-22-23-24-25-26-27-28-29-30-36(40)35(37-34(2)39)33-44-45(41,42)43-32-31-38(3,4)5/h25-26,29-30,35-36,40H,6-24,27-28,31-33H2,1-5H3,(H-,37,39,41,42)/b26-25+,30-29+. The molecule has 0 spiro atoms. The molecule has 266 valence electrons. The first-order chi connectivity index (χ1) is 21.5. The average Bonchev–Trinajstić information content (AvgIpc) is 2.96. The molecule has 0 heterocycles. The maximum absolute atomic E-state index is 12.1. The zero-order chi connectivity index (χ0) is 33.7. The largest absolute Gasteiger partial charge is 0.756 e. The first kappa shape index (κ1) is 44.0. The van der Waals surface area contributed by atoms with Crippen molar-refractivity contribution in [2.45, 2.75) is 161 Å². The molecule has 0 aliphatic carbocycles. The fraction of sp³-hybridized carbons (Fsp3) is 0.861. The van der Waals surface area contributed by atoms with Gasteiger partial charge in [0, 0.05) is 6.92 Å². The predicted octanol–water partition coefficient (Wildman–Crippen LogP) is 8.38. The molecule has 0 fully saturated rings. The number of carbonyl (C=O) groups is 1. The predicted molar refractivity (Wildman–Crippen MR) is 187 cm³/mol. The smallest absolute Gasteiger partial charge is 0.268 e. The van der Waals surface area contributed by atoms with Gasteiger partial charge in [-0.3, -0.25) is 9.36 Å². The van der Waals surface area contributed by atoms with Gasteiger partial charge in [0.1, 0.15) is 13.2 Å². The topological polar surface area (TPSA) is 108 Å². The molecule has 0 rings (SSSR count). The van der Waals surface area contributed by atoms with Gasteiger partial charge in [-0.25, -0.2) is 0 Å². The van der Waals surface area contributed by atoms with E-state index in [4.69, 9.17) is 9.05 Å². The Hall–Kier alpha value is -1.02. The number of allylic oxidation sites excluding steroid dienone is 3. The third-order valence-corrected chi connectivity index (χ3v) is 8.91. The van der Waals surface area contributed by atoms with Gasteiger partial charge < -0.3 is 28.8 Å². The summed E-state index contributed by atoms with van der Waals surface area (Å²) in [5, 5.41) is 13.0. The maximum atomic E-state index is 12.1. The molecule has 0 saturated carbocycles. The van der Waals surface area contributed by atoms with Crippen LogP contribution in [0.3, 0.4) is 0 Å².